The Morgan fingerprint density at radius 1 is 1.43 bits per heavy atom. The van der Waals surface area contributed by atoms with Crippen molar-refractivity contribution in [2.24, 2.45) is 0 Å². The molecule has 70 valence electrons. The number of fused-ring (bicyclic) bond motifs is 1. The van der Waals surface area contributed by atoms with Crippen LogP contribution in [0.2, 0.25) is 0 Å². The van der Waals surface area contributed by atoms with Crippen molar-refractivity contribution < 1.29 is 4.42 Å². The van der Waals surface area contributed by atoms with Crippen molar-refractivity contribution in [3.63, 3.8) is 0 Å². The zero-order valence-corrected chi connectivity index (χ0v) is 8.24. The maximum absolute atomic E-state index is 8.83. The summed E-state index contributed by atoms with van der Waals surface area (Å²) in [4.78, 5) is 0. The number of hydrogen-bond acceptors (Lipinski definition) is 2. The van der Waals surface area contributed by atoms with Gasteiger partial charge in [-0.05, 0) is 25.5 Å². The third-order valence-electron chi connectivity index (χ3n) is 2.42. The van der Waals surface area contributed by atoms with E-state index in [4.69, 9.17) is 9.68 Å². The molecule has 0 saturated heterocycles. The number of rotatable bonds is 1. The highest BCUT2D eigenvalue weighted by Gasteiger charge is 2.11. The normalized spacial score (nSPS) is 12.6. The molecule has 1 heterocycles. The molecule has 0 bridgehead atoms. The highest BCUT2D eigenvalue weighted by Crippen LogP contribution is 2.27. The van der Waals surface area contributed by atoms with Crippen LogP contribution in [-0.4, -0.2) is 0 Å². The van der Waals surface area contributed by atoms with Crippen LogP contribution in [0.4, 0.5) is 0 Å². The molecule has 2 rings (SSSR count). The summed E-state index contributed by atoms with van der Waals surface area (Å²) in [6.07, 6.45) is 1.68. The van der Waals surface area contributed by atoms with Crippen molar-refractivity contribution >= 4 is 11.0 Å². The molecule has 14 heavy (non-hydrogen) atoms. The van der Waals surface area contributed by atoms with Gasteiger partial charge >= 0.3 is 0 Å². The van der Waals surface area contributed by atoms with Gasteiger partial charge in [-0.2, -0.15) is 5.26 Å². The third-order valence-corrected chi connectivity index (χ3v) is 2.42. The van der Waals surface area contributed by atoms with Gasteiger partial charge in [0.15, 0.2) is 0 Å². The van der Waals surface area contributed by atoms with Crippen molar-refractivity contribution in [1.29, 1.82) is 5.26 Å². The van der Waals surface area contributed by atoms with Gasteiger partial charge in [-0.25, -0.2) is 0 Å². The van der Waals surface area contributed by atoms with E-state index in [1.54, 1.807) is 6.26 Å². The van der Waals surface area contributed by atoms with Crippen LogP contribution in [0, 0.1) is 18.3 Å². The summed E-state index contributed by atoms with van der Waals surface area (Å²) in [5.74, 6) is -0.112. The van der Waals surface area contributed by atoms with Crippen molar-refractivity contribution in [2.75, 3.05) is 0 Å². The van der Waals surface area contributed by atoms with Gasteiger partial charge in [0, 0.05) is 10.9 Å². The molecule has 0 aliphatic rings. The molecule has 0 N–H and O–H groups in total. The second kappa shape index (κ2) is 3.19. The van der Waals surface area contributed by atoms with E-state index in [1.807, 2.05) is 32.0 Å². The first-order chi connectivity index (χ1) is 6.72. The van der Waals surface area contributed by atoms with Gasteiger partial charge in [0.05, 0.1) is 18.3 Å². The summed E-state index contributed by atoms with van der Waals surface area (Å²) in [5, 5.41) is 9.87. The van der Waals surface area contributed by atoms with E-state index >= 15 is 0 Å². The highest BCUT2D eigenvalue weighted by atomic mass is 16.3. The summed E-state index contributed by atoms with van der Waals surface area (Å²) in [6, 6.07) is 8.25. The molecule has 0 radical (unpaired) electrons. The average molecular weight is 185 g/mol. The topological polar surface area (TPSA) is 36.9 Å². The van der Waals surface area contributed by atoms with Gasteiger partial charge < -0.3 is 4.42 Å². The Morgan fingerprint density at radius 3 is 2.93 bits per heavy atom. The number of hydrogen-bond donors (Lipinski definition) is 0. The van der Waals surface area contributed by atoms with Crippen LogP contribution in [0.15, 0.2) is 28.9 Å². The van der Waals surface area contributed by atoms with E-state index < -0.39 is 0 Å². The van der Waals surface area contributed by atoms with E-state index in [0.717, 1.165) is 16.5 Å². The molecule has 0 spiro atoms. The lowest BCUT2D eigenvalue weighted by Crippen LogP contribution is -1.86. The lowest BCUT2D eigenvalue weighted by atomic mass is 10.0. The monoisotopic (exact) mass is 185 g/mol. The van der Waals surface area contributed by atoms with Crippen LogP contribution in [-0.2, 0) is 0 Å². The van der Waals surface area contributed by atoms with Crippen molar-refractivity contribution in [2.45, 2.75) is 19.8 Å². The molecule has 0 fully saturated rings. The van der Waals surface area contributed by atoms with E-state index in [2.05, 4.69) is 6.07 Å². The zero-order chi connectivity index (χ0) is 10.1. The smallest absolute Gasteiger partial charge is 0.134 e. The predicted octanol–water partition coefficient (Wildman–Crippen LogP) is 3.37. The van der Waals surface area contributed by atoms with Crippen LogP contribution < -0.4 is 0 Å². The zero-order valence-electron chi connectivity index (χ0n) is 8.24. The fourth-order valence-corrected chi connectivity index (χ4v) is 1.56. The Hall–Kier alpha value is -1.75. The standard InChI is InChI=1S/C12H11NO/c1-8-3-4-10-11(9(2)6-13)7-14-12(10)5-8/h3-5,7,9H,1-2H3. The summed E-state index contributed by atoms with van der Waals surface area (Å²) >= 11 is 0. The number of furan rings is 1. The molecule has 2 heteroatoms. The Labute approximate surface area is 82.8 Å². The molecule has 0 aliphatic heterocycles. The fraction of sp³-hybridized carbons (Fsp3) is 0.250. The number of nitrogens with zero attached hydrogens (tertiary/aromatic N) is 1. The van der Waals surface area contributed by atoms with E-state index in [0.29, 0.717) is 0 Å². The quantitative estimate of drug-likeness (QED) is 0.683. The summed E-state index contributed by atoms with van der Waals surface area (Å²) in [6.45, 7) is 3.90. The molecule has 1 unspecified atom stereocenters. The van der Waals surface area contributed by atoms with Crippen LogP contribution in [0.5, 0.6) is 0 Å². The van der Waals surface area contributed by atoms with Crippen LogP contribution >= 0.6 is 0 Å². The second-order valence-electron chi connectivity index (χ2n) is 3.54. The molecule has 2 nitrogen and oxygen atoms in total. The van der Waals surface area contributed by atoms with Gasteiger partial charge in [-0.1, -0.05) is 12.1 Å². The molecular weight excluding hydrogens is 174 g/mol. The minimum absolute atomic E-state index is 0.112. The summed E-state index contributed by atoms with van der Waals surface area (Å²) < 4.78 is 5.40. The van der Waals surface area contributed by atoms with Crippen molar-refractivity contribution in [3.05, 3.63) is 35.6 Å². The van der Waals surface area contributed by atoms with E-state index in [9.17, 15) is 0 Å². The maximum Gasteiger partial charge on any atom is 0.134 e. The number of nitriles is 1. The largest absolute Gasteiger partial charge is 0.464 e. The molecular formula is C12H11NO. The van der Waals surface area contributed by atoms with Crippen LogP contribution in [0.1, 0.15) is 24.0 Å². The minimum Gasteiger partial charge on any atom is -0.464 e. The first kappa shape index (κ1) is 8.83. The predicted molar refractivity (Wildman–Crippen MR) is 55.0 cm³/mol. The molecule has 0 saturated carbocycles. The minimum atomic E-state index is -0.112. The highest BCUT2D eigenvalue weighted by molar-refractivity contribution is 5.82. The van der Waals surface area contributed by atoms with Crippen LogP contribution in [0.3, 0.4) is 0 Å². The van der Waals surface area contributed by atoms with Crippen molar-refractivity contribution in [1.82, 2.24) is 0 Å². The lowest BCUT2D eigenvalue weighted by molar-refractivity contribution is 0.609. The van der Waals surface area contributed by atoms with Gasteiger partial charge in [0.1, 0.15) is 5.58 Å². The Balaban J connectivity index is 2.65. The number of benzene rings is 1. The first-order valence-corrected chi connectivity index (χ1v) is 4.59. The van der Waals surface area contributed by atoms with Crippen LogP contribution in [0.25, 0.3) is 11.0 Å². The van der Waals surface area contributed by atoms with E-state index in [-0.39, 0.29) is 5.92 Å². The Kier molecular flexibility index (Phi) is 2.01. The fourth-order valence-electron chi connectivity index (χ4n) is 1.56. The van der Waals surface area contributed by atoms with E-state index in [1.165, 1.54) is 5.56 Å². The second-order valence-corrected chi connectivity index (χ2v) is 3.54. The molecule has 1 aromatic heterocycles. The third kappa shape index (κ3) is 1.27. The average Bonchev–Trinajstić information content (AvgIpc) is 2.59. The first-order valence-electron chi connectivity index (χ1n) is 4.59. The summed E-state index contributed by atoms with van der Waals surface area (Å²) in [7, 11) is 0. The molecule has 1 aromatic carbocycles. The molecule has 0 aliphatic carbocycles. The van der Waals surface area contributed by atoms with Gasteiger partial charge in [0.2, 0.25) is 0 Å². The Morgan fingerprint density at radius 2 is 2.21 bits per heavy atom. The SMILES string of the molecule is Cc1ccc2c(C(C)C#N)coc2c1. The number of aryl methyl sites for hydroxylation is 1. The molecule has 0 amide bonds. The maximum atomic E-state index is 8.83. The Bertz CT molecular complexity index is 505. The van der Waals surface area contributed by atoms with Gasteiger partial charge in [0.25, 0.3) is 0 Å². The van der Waals surface area contributed by atoms with Gasteiger partial charge in [-0.3, -0.25) is 0 Å². The molecule has 1 atom stereocenters. The molecule has 2 aromatic rings. The van der Waals surface area contributed by atoms with Gasteiger partial charge in [-0.15, -0.1) is 0 Å². The van der Waals surface area contributed by atoms with Crippen molar-refractivity contribution in [3.8, 4) is 6.07 Å². The lowest BCUT2D eigenvalue weighted by Gasteiger charge is -1.98. The summed E-state index contributed by atoms with van der Waals surface area (Å²) in [5.41, 5.74) is 3.01.